The molecule has 0 aliphatic heterocycles. The van der Waals surface area contributed by atoms with Crippen molar-refractivity contribution in [1.82, 2.24) is 0 Å². The zero-order chi connectivity index (χ0) is 31.3. The van der Waals surface area contributed by atoms with Crippen LogP contribution in [0.25, 0.3) is 0 Å². The molecular weight excluding hydrogens is 566 g/mol. The Hall–Kier alpha value is -2.77. The van der Waals surface area contributed by atoms with Gasteiger partial charge in [0.1, 0.15) is 0 Å². The van der Waals surface area contributed by atoms with Gasteiger partial charge in [-0.15, -0.1) is 11.6 Å². The number of esters is 2. The number of nitrogens with zero attached hydrogens (tertiary/aromatic N) is 1. The quantitative estimate of drug-likeness (QED) is 0.281. The van der Waals surface area contributed by atoms with Gasteiger partial charge < -0.3 is 14.6 Å². The molecule has 0 aromatic heterocycles. The molecule has 43 heavy (non-hydrogen) atoms. The molecule has 1 N–H and O–H groups in total. The maximum absolute atomic E-state index is 14.1. The topological polar surface area (TPSA) is 102 Å². The van der Waals surface area contributed by atoms with E-state index < -0.39 is 46.9 Å². The fourth-order valence-corrected chi connectivity index (χ4v) is 9.46. The van der Waals surface area contributed by atoms with E-state index in [4.69, 9.17) is 26.1 Å². The molecule has 0 radical (unpaired) electrons. The van der Waals surface area contributed by atoms with Crippen LogP contribution >= 0.6 is 11.6 Å². The third kappa shape index (κ3) is 5.10. The number of aliphatic imine (C=N–C) groups is 1. The Morgan fingerprint density at radius 3 is 2.53 bits per heavy atom. The lowest BCUT2D eigenvalue weighted by atomic mass is 9.46. The van der Waals surface area contributed by atoms with Crippen LogP contribution in [0.15, 0.2) is 53.1 Å². The van der Waals surface area contributed by atoms with E-state index in [0.717, 1.165) is 22.5 Å². The molecule has 9 atom stereocenters. The number of carbonyl (C=O) groups is 3. The van der Waals surface area contributed by atoms with Gasteiger partial charge in [0.15, 0.2) is 12.2 Å². The molecule has 1 aromatic rings. The normalized spacial score (nSPS) is 38.9. The second kappa shape index (κ2) is 11.6. The van der Waals surface area contributed by atoms with E-state index in [2.05, 4.69) is 19.1 Å². The zero-order valence-corrected chi connectivity index (χ0v) is 26.8. The van der Waals surface area contributed by atoms with Crippen molar-refractivity contribution in [3.05, 3.63) is 53.6 Å². The average molecular weight is 610 g/mol. The van der Waals surface area contributed by atoms with Crippen LogP contribution in [-0.4, -0.2) is 52.2 Å². The van der Waals surface area contributed by atoms with Crippen LogP contribution < -0.4 is 0 Å². The molecule has 4 aliphatic carbocycles. The largest absolute Gasteiger partial charge is 0.457 e. The first-order chi connectivity index (χ1) is 20.3. The van der Waals surface area contributed by atoms with Crippen molar-refractivity contribution >= 4 is 40.7 Å². The van der Waals surface area contributed by atoms with Gasteiger partial charge in [-0.1, -0.05) is 58.4 Å². The Balaban J connectivity index is 1.52. The van der Waals surface area contributed by atoms with Gasteiger partial charge in [-0.2, -0.15) is 0 Å². The summed E-state index contributed by atoms with van der Waals surface area (Å²) < 4.78 is 11.4. The molecule has 1 aromatic carbocycles. The van der Waals surface area contributed by atoms with E-state index in [-0.39, 0.29) is 48.3 Å². The van der Waals surface area contributed by atoms with Crippen molar-refractivity contribution in [1.29, 1.82) is 0 Å². The van der Waals surface area contributed by atoms with Gasteiger partial charge in [0.05, 0.1) is 17.5 Å². The first-order valence-corrected chi connectivity index (χ1v) is 16.0. The van der Waals surface area contributed by atoms with Crippen molar-refractivity contribution in [2.75, 3.05) is 6.61 Å². The molecule has 3 saturated carbocycles. The maximum atomic E-state index is 14.1. The highest BCUT2D eigenvalue weighted by Gasteiger charge is 2.73. The number of Topliss-reactive ketones (excluding diaryl/α,β-unsaturated/α-hetero) is 1. The summed E-state index contributed by atoms with van der Waals surface area (Å²) in [6.45, 7) is 11.0. The number of hydrogen-bond donors (Lipinski definition) is 1. The minimum Gasteiger partial charge on any atom is -0.457 e. The highest BCUT2D eigenvalue weighted by atomic mass is 35.5. The molecule has 7 nitrogen and oxygen atoms in total. The van der Waals surface area contributed by atoms with Crippen LogP contribution in [0.3, 0.4) is 0 Å². The number of rotatable bonds is 7. The lowest BCUT2D eigenvalue weighted by Crippen LogP contribution is -2.65. The molecule has 5 rings (SSSR count). The van der Waals surface area contributed by atoms with E-state index in [1.165, 1.54) is 0 Å². The number of aliphatic hydroxyl groups is 1. The number of allylic oxidation sites excluding steroid dienone is 4. The first-order valence-electron chi connectivity index (χ1n) is 15.6. The molecule has 4 aliphatic rings. The average Bonchev–Trinajstić information content (AvgIpc) is 3.18. The Morgan fingerprint density at radius 1 is 1.14 bits per heavy atom. The third-order valence-electron chi connectivity index (χ3n) is 10.9. The summed E-state index contributed by atoms with van der Waals surface area (Å²) in [4.78, 5) is 43.8. The Labute approximate surface area is 259 Å². The molecule has 0 heterocycles. The van der Waals surface area contributed by atoms with E-state index in [9.17, 15) is 19.5 Å². The second-order valence-corrected chi connectivity index (χ2v) is 14.0. The van der Waals surface area contributed by atoms with Crippen LogP contribution in [0.4, 0.5) is 5.69 Å². The highest BCUT2D eigenvalue weighted by Crippen LogP contribution is 2.69. The molecule has 3 fully saturated rings. The summed E-state index contributed by atoms with van der Waals surface area (Å²) in [7, 11) is 0. The van der Waals surface area contributed by atoms with Crippen LogP contribution in [0.5, 0.6) is 0 Å². The monoisotopic (exact) mass is 609 g/mol. The fraction of sp³-hybridized carbons (Fsp3) is 0.600. The van der Waals surface area contributed by atoms with E-state index in [1.54, 1.807) is 13.8 Å². The van der Waals surface area contributed by atoms with Crippen LogP contribution in [0.2, 0.25) is 0 Å². The Morgan fingerprint density at radius 2 is 1.86 bits per heavy atom. The summed E-state index contributed by atoms with van der Waals surface area (Å²) in [5.41, 5.74) is 1.14. The number of hydrogen-bond acceptors (Lipinski definition) is 7. The van der Waals surface area contributed by atoms with Gasteiger partial charge >= 0.3 is 11.9 Å². The maximum Gasteiger partial charge on any atom is 0.306 e. The first kappa shape index (κ1) is 31.6. The smallest absolute Gasteiger partial charge is 0.306 e. The number of alkyl halides is 1. The Kier molecular flexibility index (Phi) is 8.56. The summed E-state index contributed by atoms with van der Waals surface area (Å²) in [6, 6.07) is 8.06. The standard InChI is InChI=1S/C35H44ClNO6/c1-7-29(40)42-19-28(39)35(43-30(41)8-2)21(4)15-25-31-26(36)17-22-16-24(37-23-11-9-10-20(3)14-23)12-13-33(22,5)32(31)27(38)18-34(25,35)6/h9-14,16,21,25-27,31-32,38H,7-8,15,17-19H2,1-6H3/b37-24+/t21-,25+,26-,27+,31-,32+,33+,34+,35+/m1/s1. The van der Waals surface area contributed by atoms with Crippen molar-refractivity contribution in [3.8, 4) is 0 Å². The zero-order valence-electron chi connectivity index (χ0n) is 26.1. The fourth-order valence-electron chi connectivity index (χ4n) is 8.96. The summed E-state index contributed by atoms with van der Waals surface area (Å²) in [6.07, 6.45) is 7.24. The molecule has 0 spiro atoms. The summed E-state index contributed by atoms with van der Waals surface area (Å²) in [5, 5.41) is 11.7. The molecular formula is C35H44ClNO6. The predicted octanol–water partition coefficient (Wildman–Crippen LogP) is 6.45. The number of ketones is 1. The number of fused-ring (bicyclic) bond motifs is 5. The van der Waals surface area contributed by atoms with E-state index >= 15 is 0 Å². The molecule has 0 bridgehead atoms. The van der Waals surface area contributed by atoms with E-state index in [1.807, 2.05) is 51.1 Å². The number of benzene rings is 1. The van der Waals surface area contributed by atoms with Crippen molar-refractivity contribution in [2.45, 2.75) is 90.7 Å². The molecule has 0 amide bonds. The lowest BCUT2D eigenvalue weighted by Gasteiger charge is -2.61. The number of aryl methyl sites for hydroxylation is 1. The number of aliphatic hydroxyl groups excluding tert-OH is 1. The number of ether oxygens (including phenoxy) is 2. The van der Waals surface area contributed by atoms with Crippen LogP contribution in [0.1, 0.15) is 72.3 Å². The van der Waals surface area contributed by atoms with Gasteiger partial charge in [-0.3, -0.25) is 14.4 Å². The van der Waals surface area contributed by atoms with Gasteiger partial charge in [0.25, 0.3) is 0 Å². The lowest BCUT2D eigenvalue weighted by molar-refractivity contribution is -0.205. The van der Waals surface area contributed by atoms with Gasteiger partial charge in [0.2, 0.25) is 5.78 Å². The molecule has 232 valence electrons. The van der Waals surface area contributed by atoms with E-state index in [0.29, 0.717) is 12.8 Å². The number of carbonyl (C=O) groups excluding carboxylic acids is 3. The predicted molar refractivity (Wildman–Crippen MR) is 166 cm³/mol. The minimum absolute atomic E-state index is 0.0944. The summed E-state index contributed by atoms with van der Waals surface area (Å²) >= 11 is 7.29. The van der Waals surface area contributed by atoms with Crippen molar-refractivity contribution in [3.63, 3.8) is 0 Å². The molecule has 0 saturated heterocycles. The molecule has 8 heteroatoms. The van der Waals surface area contributed by atoms with Crippen molar-refractivity contribution in [2.24, 2.45) is 39.5 Å². The molecule has 0 unspecified atom stereocenters. The highest BCUT2D eigenvalue weighted by molar-refractivity contribution is 6.21. The van der Waals surface area contributed by atoms with Crippen LogP contribution in [-0.2, 0) is 23.9 Å². The van der Waals surface area contributed by atoms with Gasteiger partial charge in [-0.05, 0) is 67.9 Å². The third-order valence-corrected chi connectivity index (χ3v) is 11.4. The SMILES string of the molecule is CCC(=O)OCC(=O)[C@@]1(OC(=O)CC)[C@H](C)C[C@H]2[C@H]3[C@H]([C@@H](O)C[C@@]21C)[C@@]1(C)C=C/C(=N\c2cccc(C)c2)C=C1C[C@H]3Cl. The van der Waals surface area contributed by atoms with Gasteiger partial charge in [0, 0.05) is 40.9 Å². The van der Waals surface area contributed by atoms with Crippen LogP contribution in [0, 0.1) is 41.4 Å². The number of halogens is 1. The minimum atomic E-state index is -1.53. The second-order valence-electron chi connectivity index (χ2n) is 13.4. The van der Waals surface area contributed by atoms with Crippen molar-refractivity contribution < 1.29 is 29.0 Å². The van der Waals surface area contributed by atoms with Gasteiger partial charge in [-0.25, -0.2) is 4.99 Å². The summed E-state index contributed by atoms with van der Waals surface area (Å²) in [5.74, 6) is -2.17. The Bertz CT molecular complexity index is 1400.